The van der Waals surface area contributed by atoms with Crippen molar-refractivity contribution in [3.05, 3.63) is 126 Å². The zero-order valence-corrected chi connectivity index (χ0v) is 30.9. The molecule has 4 aromatic carbocycles. The van der Waals surface area contributed by atoms with Gasteiger partial charge in [-0.2, -0.15) is 0 Å². The molecule has 288 valence electrons. The van der Waals surface area contributed by atoms with Gasteiger partial charge < -0.3 is 30.1 Å². The topological polar surface area (TPSA) is 132 Å². The number of nitrogens with zero attached hydrogens (tertiary/aromatic N) is 4. The highest BCUT2D eigenvalue weighted by molar-refractivity contribution is 6.00. The van der Waals surface area contributed by atoms with E-state index in [9.17, 15) is 32.8 Å². The van der Waals surface area contributed by atoms with Gasteiger partial charge in [-0.15, -0.1) is 0 Å². The lowest BCUT2D eigenvalue weighted by Crippen LogP contribution is -2.57. The Morgan fingerprint density at radius 2 is 1.20 bits per heavy atom. The van der Waals surface area contributed by atoms with Gasteiger partial charge in [0.15, 0.2) is 0 Å². The molecule has 2 N–H and O–H groups in total. The molecule has 14 heteroatoms. The molecule has 0 aliphatic carbocycles. The van der Waals surface area contributed by atoms with Crippen molar-refractivity contribution < 1.29 is 37.5 Å². The van der Waals surface area contributed by atoms with E-state index < -0.39 is 47.3 Å². The maximum atomic E-state index is 14.1. The monoisotopic (exact) mass is 754 g/mol. The Balaban J connectivity index is 1.19. The number of carbonyl (C=O) groups excluding carboxylic acids is 5. The number of carbonyl (C=O) groups is 5. The van der Waals surface area contributed by atoms with Gasteiger partial charge in [-0.1, -0.05) is 48.5 Å². The second-order valence-electron chi connectivity index (χ2n) is 13.3. The van der Waals surface area contributed by atoms with E-state index in [1.807, 2.05) is 48.5 Å². The van der Waals surface area contributed by atoms with Crippen molar-refractivity contribution in [2.45, 2.75) is 24.9 Å². The number of likely N-dealkylation sites (N-methyl/N-ethyl adjacent to an activating group) is 2. The summed E-state index contributed by atoms with van der Waals surface area (Å²) >= 11 is 0. The molecule has 5 amide bonds. The van der Waals surface area contributed by atoms with Crippen LogP contribution in [0.15, 0.2) is 103 Å². The average Bonchev–Trinajstić information content (AvgIpc) is 3.17. The summed E-state index contributed by atoms with van der Waals surface area (Å²) in [5.74, 6) is -3.44. The average molecular weight is 755 g/mol. The lowest BCUT2D eigenvalue weighted by atomic mass is 10.0. The molecule has 0 radical (unpaired) electrons. The van der Waals surface area contributed by atoms with Crippen molar-refractivity contribution in [3.8, 4) is 5.75 Å². The van der Waals surface area contributed by atoms with Crippen LogP contribution in [0.5, 0.6) is 5.75 Å². The van der Waals surface area contributed by atoms with Gasteiger partial charge in [0.05, 0.1) is 26.7 Å². The quantitative estimate of drug-likeness (QED) is 0.191. The predicted octanol–water partition coefficient (Wildman–Crippen LogP) is 3.20. The molecule has 1 aliphatic rings. The molecule has 2 atom stereocenters. The lowest BCUT2D eigenvalue weighted by molar-refractivity contribution is -0.141. The van der Waals surface area contributed by atoms with Crippen molar-refractivity contribution in [3.63, 3.8) is 0 Å². The van der Waals surface area contributed by atoms with Gasteiger partial charge in [0.25, 0.3) is 0 Å². The lowest BCUT2D eigenvalue weighted by Gasteiger charge is -2.34. The molecular weight excluding hydrogens is 710 g/mol. The first-order valence-electron chi connectivity index (χ1n) is 17.7. The van der Waals surface area contributed by atoms with E-state index in [1.54, 1.807) is 48.3 Å². The van der Waals surface area contributed by atoms with E-state index in [4.69, 9.17) is 4.74 Å². The molecule has 0 aromatic heterocycles. The number of ether oxygens (including phenoxy) is 1. The summed E-state index contributed by atoms with van der Waals surface area (Å²) in [5.41, 5.74) is 2.18. The number of amides is 5. The van der Waals surface area contributed by atoms with Crippen LogP contribution in [0.25, 0.3) is 0 Å². The summed E-state index contributed by atoms with van der Waals surface area (Å²) in [6, 6.07) is 25.8. The van der Waals surface area contributed by atoms with Crippen molar-refractivity contribution in [1.82, 2.24) is 20.4 Å². The number of halogens is 2. The number of piperazine rings is 1. The van der Waals surface area contributed by atoms with Crippen molar-refractivity contribution in [1.29, 1.82) is 0 Å². The van der Waals surface area contributed by atoms with Gasteiger partial charge in [0, 0.05) is 57.5 Å². The van der Waals surface area contributed by atoms with Crippen LogP contribution in [0.2, 0.25) is 0 Å². The van der Waals surface area contributed by atoms with E-state index in [1.165, 1.54) is 28.9 Å². The molecule has 5 rings (SSSR count). The Morgan fingerprint density at radius 1 is 0.691 bits per heavy atom. The van der Waals surface area contributed by atoms with E-state index in [0.29, 0.717) is 23.2 Å². The third kappa shape index (κ3) is 11.2. The zero-order valence-electron chi connectivity index (χ0n) is 30.9. The first kappa shape index (κ1) is 40.0. The van der Waals surface area contributed by atoms with Crippen LogP contribution >= 0.6 is 0 Å². The molecule has 1 aliphatic heterocycles. The summed E-state index contributed by atoms with van der Waals surface area (Å²) < 4.78 is 33.3. The van der Waals surface area contributed by atoms with E-state index in [0.717, 1.165) is 17.7 Å². The third-order valence-electron chi connectivity index (χ3n) is 9.28. The molecule has 1 fully saturated rings. The second-order valence-corrected chi connectivity index (χ2v) is 13.3. The molecule has 0 saturated carbocycles. The van der Waals surface area contributed by atoms with Crippen LogP contribution < -0.4 is 25.2 Å². The molecular formula is C41H44F2N6O6. The number of hydrogen-bond donors (Lipinski definition) is 2. The van der Waals surface area contributed by atoms with E-state index >= 15 is 0 Å². The van der Waals surface area contributed by atoms with E-state index in [2.05, 4.69) is 10.6 Å². The Kier molecular flexibility index (Phi) is 13.6. The van der Waals surface area contributed by atoms with Gasteiger partial charge >= 0.3 is 0 Å². The Morgan fingerprint density at radius 3 is 1.75 bits per heavy atom. The van der Waals surface area contributed by atoms with Crippen LogP contribution in [-0.4, -0.2) is 105 Å². The fourth-order valence-corrected chi connectivity index (χ4v) is 6.31. The first-order valence-corrected chi connectivity index (χ1v) is 17.7. The maximum Gasteiger partial charge on any atom is 0.249 e. The number of hydrogen-bond acceptors (Lipinski definition) is 7. The highest BCUT2D eigenvalue weighted by atomic mass is 19.1. The predicted molar refractivity (Wildman–Crippen MR) is 203 cm³/mol. The molecule has 55 heavy (non-hydrogen) atoms. The Bertz CT molecular complexity index is 1950. The normalized spacial score (nSPS) is 14.1. The van der Waals surface area contributed by atoms with E-state index in [-0.39, 0.29) is 57.0 Å². The minimum absolute atomic E-state index is 0.113. The maximum absolute atomic E-state index is 14.1. The summed E-state index contributed by atoms with van der Waals surface area (Å²) in [6.07, 6.45) is 0.0451. The first-order chi connectivity index (χ1) is 26.4. The molecule has 0 bridgehead atoms. The number of methoxy groups -OCH3 is 1. The van der Waals surface area contributed by atoms with Crippen LogP contribution in [0.4, 0.5) is 20.2 Å². The number of benzene rings is 4. The summed E-state index contributed by atoms with van der Waals surface area (Å²) in [7, 11) is 4.67. The van der Waals surface area contributed by atoms with Crippen LogP contribution in [-0.2, 0) is 36.8 Å². The number of para-hydroxylation sites is 1. The van der Waals surface area contributed by atoms with Gasteiger partial charge in [0.1, 0.15) is 29.5 Å². The Hall–Kier alpha value is -6.15. The van der Waals surface area contributed by atoms with Crippen molar-refractivity contribution in [2.24, 2.45) is 0 Å². The fourth-order valence-electron chi connectivity index (χ4n) is 6.31. The largest absolute Gasteiger partial charge is 0.497 e. The van der Waals surface area contributed by atoms with Gasteiger partial charge in [0.2, 0.25) is 29.5 Å². The molecule has 12 nitrogen and oxygen atoms in total. The summed E-state index contributed by atoms with van der Waals surface area (Å²) in [5, 5.41) is 5.51. The third-order valence-corrected chi connectivity index (χ3v) is 9.28. The number of anilines is 2. The number of rotatable bonds is 15. The van der Waals surface area contributed by atoms with Crippen LogP contribution in [0.3, 0.4) is 0 Å². The molecule has 4 aromatic rings. The molecule has 0 unspecified atom stereocenters. The fraction of sp³-hybridized carbons (Fsp3) is 0.293. The van der Waals surface area contributed by atoms with Gasteiger partial charge in [-0.25, -0.2) is 8.78 Å². The highest BCUT2D eigenvalue weighted by Crippen LogP contribution is 2.20. The molecule has 0 spiro atoms. The molecule has 1 heterocycles. The SMILES string of the molecule is COc1ccc(N(C)C(=O)[C@H](Cc2cc(F)cc(F)c2)NC(=O)CN2CCN(CC(=O)N[C@@H](Cc3ccccc3)C(=O)N(C)c3ccccc3)CC2=O)cc1. The van der Waals surface area contributed by atoms with Crippen molar-refractivity contribution >= 4 is 40.9 Å². The minimum Gasteiger partial charge on any atom is -0.497 e. The van der Waals surface area contributed by atoms with Gasteiger partial charge in [-0.3, -0.25) is 28.9 Å². The van der Waals surface area contributed by atoms with Crippen LogP contribution in [0.1, 0.15) is 11.1 Å². The molecule has 1 saturated heterocycles. The zero-order chi connectivity index (χ0) is 39.5. The summed E-state index contributed by atoms with van der Waals surface area (Å²) in [6.45, 7) is -0.322. The minimum atomic E-state index is -1.23. The van der Waals surface area contributed by atoms with Crippen molar-refractivity contribution in [2.75, 3.05) is 63.7 Å². The van der Waals surface area contributed by atoms with Gasteiger partial charge in [-0.05, 0) is 59.7 Å². The van der Waals surface area contributed by atoms with Crippen LogP contribution in [0, 0.1) is 11.6 Å². The number of nitrogens with one attached hydrogen (secondary N) is 2. The summed E-state index contributed by atoms with van der Waals surface area (Å²) in [4.78, 5) is 72.9. The standard InChI is InChI=1S/C41H44F2N6O6/c1-46(32-12-8-5-9-13-32)40(53)35(22-28-10-6-4-7-11-28)44-37(50)25-48-18-19-49(39(52)27-48)26-38(51)45-36(23-29-20-30(42)24-31(43)21-29)41(54)47(2)33-14-16-34(55-3)17-15-33/h4-17,20-21,24,35-36H,18-19,22-23,25-27H2,1-3H3,(H,44,50)(H,45,51)/t35-,36-/m0/s1. The second kappa shape index (κ2) is 18.7. The Labute approximate surface area is 318 Å². The highest BCUT2D eigenvalue weighted by Gasteiger charge is 2.31. The smallest absolute Gasteiger partial charge is 0.249 e.